The summed E-state index contributed by atoms with van der Waals surface area (Å²) < 4.78 is 0. The largest absolute Gasteiger partial charge is 0.479 e. The molecule has 0 spiro atoms. The first-order valence-corrected chi connectivity index (χ1v) is 9.98. The number of hydrogen-bond acceptors (Lipinski definition) is 2. The molecule has 4 heteroatoms. The van der Waals surface area contributed by atoms with Crippen molar-refractivity contribution in [1.82, 2.24) is 4.90 Å². The number of nitrogens with zero attached hydrogens (tertiary/aromatic N) is 1. The Labute approximate surface area is 176 Å². The van der Waals surface area contributed by atoms with Crippen LogP contribution in [0.15, 0.2) is 103 Å². The van der Waals surface area contributed by atoms with Crippen LogP contribution >= 0.6 is 0 Å². The van der Waals surface area contributed by atoms with E-state index in [0.29, 0.717) is 6.54 Å². The minimum atomic E-state index is -1.01. The molecule has 3 aromatic rings. The van der Waals surface area contributed by atoms with Crippen LogP contribution < -0.4 is 0 Å². The number of carbonyl (C=O) groups is 2. The minimum absolute atomic E-state index is 0.135. The predicted molar refractivity (Wildman–Crippen MR) is 116 cm³/mol. The maximum absolute atomic E-state index is 13.5. The van der Waals surface area contributed by atoms with Crippen LogP contribution in [-0.4, -0.2) is 34.5 Å². The van der Waals surface area contributed by atoms with Gasteiger partial charge in [0.15, 0.2) is 0 Å². The Hall–Kier alpha value is -3.66. The summed E-state index contributed by atoms with van der Waals surface area (Å²) in [6, 6.07) is 29.0. The van der Waals surface area contributed by atoms with Gasteiger partial charge in [0.1, 0.15) is 6.04 Å². The number of carbonyl (C=O) groups excluding carboxylic acids is 1. The van der Waals surface area contributed by atoms with Crippen molar-refractivity contribution >= 4 is 11.9 Å². The van der Waals surface area contributed by atoms with Crippen LogP contribution in [0.1, 0.15) is 23.1 Å². The molecule has 1 atom stereocenters. The van der Waals surface area contributed by atoms with Crippen molar-refractivity contribution in [1.29, 1.82) is 0 Å². The molecule has 1 heterocycles. The second-order valence-electron chi connectivity index (χ2n) is 7.44. The average Bonchev–Trinajstić information content (AvgIpc) is 3.30. The van der Waals surface area contributed by atoms with Crippen molar-refractivity contribution < 1.29 is 14.7 Å². The quantitative estimate of drug-likeness (QED) is 0.499. The first kappa shape index (κ1) is 19.6. The molecule has 0 aromatic heterocycles. The topological polar surface area (TPSA) is 57.6 Å². The Morgan fingerprint density at radius 3 is 1.63 bits per heavy atom. The van der Waals surface area contributed by atoms with E-state index >= 15 is 0 Å². The first-order chi connectivity index (χ1) is 14.6. The Kier molecular flexibility index (Phi) is 5.48. The zero-order valence-electron chi connectivity index (χ0n) is 16.5. The van der Waals surface area contributed by atoms with E-state index in [1.54, 1.807) is 12.2 Å². The maximum Gasteiger partial charge on any atom is 0.330 e. The number of carboxylic acid groups (broad SMARTS) is 1. The van der Waals surface area contributed by atoms with Crippen molar-refractivity contribution in [2.24, 2.45) is 0 Å². The van der Waals surface area contributed by atoms with Crippen LogP contribution in [0.2, 0.25) is 0 Å². The molecule has 3 aromatic carbocycles. The van der Waals surface area contributed by atoms with Crippen molar-refractivity contribution in [2.75, 3.05) is 6.54 Å². The van der Waals surface area contributed by atoms with Gasteiger partial charge in [-0.25, -0.2) is 4.79 Å². The Bertz CT molecular complexity index is 949. The standard InChI is InChI=1S/C26H23NO3/c28-24(27-18-10-17-23(27)25(29)30)19-26(20-11-4-1-5-12-20,21-13-6-2-7-14-21)22-15-8-3-9-16-22/h1-17,23H,18-19H2,(H,29,30). The van der Waals surface area contributed by atoms with E-state index in [-0.39, 0.29) is 12.3 Å². The fourth-order valence-electron chi connectivity index (χ4n) is 4.30. The summed E-state index contributed by atoms with van der Waals surface area (Å²) in [6.45, 7) is 0.310. The Balaban J connectivity index is 1.87. The van der Waals surface area contributed by atoms with Crippen molar-refractivity contribution in [3.8, 4) is 0 Å². The summed E-state index contributed by atoms with van der Waals surface area (Å²) in [4.78, 5) is 26.6. The van der Waals surface area contributed by atoms with Crippen LogP contribution in [0.5, 0.6) is 0 Å². The normalized spacial score (nSPS) is 15.9. The summed E-state index contributed by atoms with van der Waals surface area (Å²) in [5.74, 6) is -1.20. The molecule has 0 radical (unpaired) electrons. The molecule has 4 nitrogen and oxygen atoms in total. The van der Waals surface area contributed by atoms with Gasteiger partial charge in [0, 0.05) is 13.0 Å². The van der Waals surface area contributed by atoms with E-state index in [9.17, 15) is 14.7 Å². The lowest BCUT2D eigenvalue weighted by atomic mass is 9.67. The molecular weight excluding hydrogens is 374 g/mol. The van der Waals surface area contributed by atoms with E-state index in [0.717, 1.165) is 16.7 Å². The molecule has 0 bridgehead atoms. The Morgan fingerprint density at radius 1 is 0.800 bits per heavy atom. The number of benzene rings is 3. The number of amides is 1. The van der Waals surface area contributed by atoms with Crippen molar-refractivity contribution in [2.45, 2.75) is 17.9 Å². The van der Waals surface area contributed by atoms with E-state index in [4.69, 9.17) is 0 Å². The fourth-order valence-corrected chi connectivity index (χ4v) is 4.30. The van der Waals surface area contributed by atoms with Gasteiger partial charge in [0.25, 0.3) is 0 Å². The van der Waals surface area contributed by atoms with Gasteiger partial charge in [-0.1, -0.05) is 103 Å². The fraction of sp³-hybridized carbons (Fsp3) is 0.154. The second-order valence-corrected chi connectivity index (χ2v) is 7.44. The highest BCUT2D eigenvalue weighted by atomic mass is 16.4. The second kappa shape index (κ2) is 8.37. The predicted octanol–water partition coefficient (Wildman–Crippen LogP) is 4.26. The highest BCUT2D eigenvalue weighted by molar-refractivity contribution is 5.87. The number of rotatable bonds is 6. The number of hydrogen-bond donors (Lipinski definition) is 1. The molecular formula is C26H23NO3. The third-order valence-electron chi connectivity index (χ3n) is 5.75. The van der Waals surface area contributed by atoms with Gasteiger partial charge in [-0.3, -0.25) is 4.79 Å². The lowest BCUT2D eigenvalue weighted by molar-refractivity contribution is -0.147. The maximum atomic E-state index is 13.5. The van der Waals surface area contributed by atoms with Gasteiger partial charge < -0.3 is 10.0 Å². The summed E-state index contributed by atoms with van der Waals surface area (Å²) in [5, 5.41) is 9.54. The van der Waals surface area contributed by atoms with Crippen LogP contribution in [0.4, 0.5) is 0 Å². The molecule has 1 aliphatic rings. The SMILES string of the molecule is O=C(O)C1C=CCN1C(=O)CC(c1ccccc1)(c1ccccc1)c1ccccc1. The molecule has 150 valence electrons. The average molecular weight is 397 g/mol. The highest BCUT2D eigenvalue weighted by Crippen LogP contribution is 2.42. The molecule has 0 aliphatic carbocycles. The van der Waals surface area contributed by atoms with E-state index < -0.39 is 17.4 Å². The summed E-state index contributed by atoms with van der Waals surface area (Å²) in [6.07, 6.45) is 3.46. The molecule has 0 fully saturated rings. The van der Waals surface area contributed by atoms with E-state index in [1.807, 2.05) is 91.0 Å². The van der Waals surface area contributed by atoms with Gasteiger partial charge in [-0.05, 0) is 16.7 Å². The first-order valence-electron chi connectivity index (χ1n) is 9.98. The molecule has 1 amide bonds. The lowest BCUT2D eigenvalue weighted by Gasteiger charge is -2.37. The zero-order valence-corrected chi connectivity index (χ0v) is 16.5. The zero-order chi connectivity index (χ0) is 21.0. The van der Waals surface area contributed by atoms with E-state index in [1.165, 1.54) is 4.90 Å². The molecule has 0 saturated heterocycles. The van der Waals surface area contributed by atoms with Gasteiger partial charge in [0.05, 0.1) is 5.41 Å². The van der Waals surface area contributed by atoms with Crippen LogP contribution in [0.3, 0.4) is 0 Å². The molecule has 1 aliphatic heterocycles. The lowest BCUT2D eigenvalue weighted by Crippen LogP contribution is -2.44. The summed E-state index contributed by atoms with van der Waals surface area (Å²) >= 11 is 0. The summed E-state index contributed by atoms with van der Waals surface area (Å²) in [5.41, 5.74) is 2.26. The van der Waals surface area contributed by atoms with E-state index in [2.05, 4.69) is 0 Å². The van der Waals surface area contributed by atoms with Gasteiger partial charge >= 0.3 is 5.97 Å². The molecule has 30 heavy (non-hydrogen) atoms. The third kappa shape index (κ3) is 3.52. The number of aliphatic carboxylic acids is 1. The van der Waals surface area contributed by atoms with Crippen LogP contribution in [-0.2, 0) is 15.0 Å². The smallest absolute Gasteiger partial charge is 0.330 e. The molecule has 4 rings (SSSR count). The van der Waals surface area contributed by atoms with Crippen LogP contribution in [0.25, 0.3) is 0 Å². The highest BCUT2D eigenvalue weighted by Gasteiger charge is 2.41. The molecule has 1 N–H and O–H groups in total. The van der Waals surface area contributed by atoms with Crippen LogP contribution in [0, 0.1) is 0 Å². The van der Waals surface area contributed by atoms with Crippen molar-refractivity contribution in [3.63, 3.8) is 0 Å². The van der Waals surface area contributed by atoms with Gasteiger partial charge in [0.2, 0.25) is 5.91 Å². The van der Waals surface area contributed by atoms with Gasteiger partial charge in [-0.2, -0.15) is 0 Å². The third-order valence-corrected chi connectivity index (χ3v) is 5.75. The molecule has 1 unspecified atom stereocenters. The number of carboxylic acids is 1. The Morgan fingerprint density at radius 2 is 1.23 bits per heavy atom. The van der Waals surface area contributed by atoms with Gasteiger partial charge in [-0.15, -0.1) is 0 Å². The minimum Gasteiger partial charge on any atom is -0.479 e. The van der Waals surface area contributed by atoms with Crippen molar-refractivity contribution in [3.05, 3.63) is 120 Å². The monoisotopic (exact) mass is 397 g/mol. The summed E-state index contributed by atoms with van der Waals surface area (Å²) in [7, 11) is 0. The molecule has 0 saturated carbocycles.